The summed E-state index contributed by atoms with van der Waals surface area (Å²) in [7, 11) is 0. The van der Waals surface area contributed by atoms with E-state index in [1.54, 1.807) is 0 Å². The highest BCUT2D eigenvalue weighted by Crippen LogP contribution is 2.47. The summed E-state index contributed by atoms with van der Waals surface area (Å²) in [6.07, 6.45) is 2.14. The number of hydrogen-bond acceptors (Lipinski definition) is 4. The third-order valence-corrected chi connectivity index (χ3v) is 4.12. The molecule has 8 heteroatoms. The monoisotopic (exact) mass is 351 g/mol. The van der Waals surface area contributed by atoms with Gasteiger partial charge in [-0.2, -0.15) is 0 Å². The summed E-state index contributed by atoms with van der Waals surface area (Å²) in [6.45, 7) is 3.47. The normalized spacial score (nSPS) is 19.7. The van der Waals surface area contributed by atoms with E-state index in [9.17, 15) is 14.5 Å². The maximum absolute atomic E-state index is 13.6. The van der Waals surface area contributed by atoms with Gasteiger partial charge in [0.1, 0.15) is 5.82 Å². The molecule has 1 aliphatic heterocycles. The second-order valence-electron chi connectivity index (χ2n) is 5.53. The fourth-order valence-corrected chi connectivity index (χ4v) is 3.05. The van der Waals surface area contributed by atoms with Gasteiger partial charge in [0.2, 0.25) is 0 Å². The maximum atomic E-state index is 13.6. The van der Waals surface area contributed by atoms with Gasteiger partial charge < -0.3 is 5.32 Å². The minimum Gasteiger partial charge on any atom is -0.314 e. The summed E-state index contributed by atoms with van der Waals surface area (Å²) in [5.41, 5.74) is 0.584. The zero-order valence-corrected chi connectivity index (χ0v) is 13.7. The van der Waals surface area contributed by atoms with Crippen LogP contribution in [0.2, 0.25) is 0 Å². The standard InChI is InChI=1S/C14H18FN3O2.2ClH/c15-11-3-4-13(18(19)20)12(9-11)14(10-1-2-10)17-7-5-16-6-8-17;;/h3-4,9-10,14,16H,1-2,5-8H2;2*1H/t14-;;/m0../s1. The van der Waals surface area contributed by atoms with Crippen LogP contribution < -0.4 is 5.32 Å². The van der Waals surface area contributed by atoms with Crippen molar-refractivity contribution in [2.75, 3.05) is 26.2 Å². The van der Waals surface area contributed by atoms with Crippen molar-refractivity contribution in [3.05, 3.63) is 39.7 Å². The first-order valence-electron chi connectivity index (χ1n) is 7.05. The highest BCUT2D eigenvalue weighted by atomic mass is 35.5. The van der Waals surface area contributed by atoms with Crippen LogP contribution in [0.25, 0.3) is 0 Å². The van der Waals surface area contributed by atoms with Gasteiger partial charge in [-0.1, -0.05) is 0 Å². The molecule has 1 atom stereocenters. The lowest BCUT2D eigenvalue weighted by Crippen LogP contribution is -2.45. The van der Waals surface area contributed by atoms with E-state index < -0.39 is 10.7 Å². The third kappa shape index (κ3) is 4.07. The molecule has 5 nitrogen and oxygen atoms in total. The van der Waals surface area contributed by atoms with Crippen LogP contribution in [-0.2, 0) is 0 Å². The number of halogens is 3. The van der Waals surface area contributed by atoms with Crippen LogP contribution in [0.3, 0.4) is 0 Å². The molecule has 2 aliphatic rings. The minimum atomic E-state index is -0.397. The largest absolute Gasteiger partial charge is 0.314 e. The zero-order chi connectivity index (χ0) is 14.1. The summed E-state index contributed by atoms with van der Waals surface area (Å²) in [5, 5.41) is 14.5. The fraction of sp³-hybridized carbons (Fsp3) is 0.571. The Morgan fingerprint density at radius 1 is 1.27 bits per heavy atom. The van der Waals surface area contributed by atoms with Gasteiger partial charge in [0.25, 0.3) is 5.69 Å². The van der Waals surface area contributed by atoms with Gasteiger partial charge >= 0.3 is 0 Å². The van der Waals surface area contributed by atoms with Gasteiger partial charge in [0.15, 0.2) is 0 Å². The first-order chi connectivity index (χ1) is 9.66. The van der Waals surface area contributed by atoms with E-state index in [2.05, 4.69) is 10.2 Å². The molecule has 0 spiro atoms. The van der Waals surface area contributed by atoms with Gasteiger partial charge in [0.05, 0.1) is 10.5 Å². The molecule has 0 bridgehead atoms. The van der Waals surface area contributed by atoms with Gasteiger partial charge in [0, 0.05) is 38.3 Å². The summed E-state index contributed by atoms with van der Waals surface area (Å²) in [6, 6.07) is 3.79. The lowest BCUT2D eigenvalue weighted by atomic mass is 9.98. The topological polar surface area (TPSA) is 58.4 Å². The number of benzene rings is 1. The Hall–Kier alpha value is -0.950. The van der Waals surface area contributed by atoms with E-state index in [1.807, 2.05) is 0 Å². The van der Waals surface area contributed by atoms with Gasteiger partial charge in [-0.05, 0) is 30.9 Å². The van der Waals surface area contributed by atoms with E-state index in [-0.39, 0.29) is 36.5 Å². The predicted molar refractivity (Wildman–Crippen MR) is 87.5 cm³/mol. The van der Waals surface area contributed by atoms with Crippen molar-refractivity contribution in [3.63, 3.8) is 0 Å². The molecule has 3 rings (SSSR count). The van der Waals surface area contributed by atoms with Gasteiger partial charge in [-0.15, -0.1) is 24.8 Å². The molecule has 0 amide bonds. The Morgan fingerprint density at radius 3 is 2.45 bits per heavy atom. The number of nitro groups is 1. The molecular weight excluding hydrogens is 332 g/mol. The first-order valence-corrected chi connectivity index (χ1v) is 7.05. The van der Waals surface area contributed by atoms with E-state index >= 15 is 0 Å². The summed E-state index contributed by atoms with van der Waals surface area (Å²) < 4.78 is 13.6. The number of piperazine rings is 1. The SMILES string of the molecule is Cl.Cl.O=[N+]([O-])c1ccc(F)cc1[C@H](C1CC1)N1CCNCC1. The molecule has 1 aliphatic carbocycles. The molecule has 1 N–H and O–H groups in total. The van der Waals surface area contributed by atoms with Gasteiger partial charge in [-0.25, -0.2) is 4.39 Å². The number of nitrogens with zero attached hydrogens (tertiary/aromatic N) is 2. The lowest BCUT2D eigenvalue weighted by molar-refractivity contribution is -0.386. The number of nitrogens with one attached hydrogen (secondary N) is 1. The molecule has 0 radical (unpaired) electrons. The Morgan fingerprint density at radius 2 is 1.91 bits per heavy atom. The van der Waals surface area contributed by atoms with Crippen molar-refractivity contribution < 1.29 is 9.31 Å². The average molecular weight is 352 g/mol. The molecule has 124 valence electrons. The average Bonchev–Trinajstić information content (AvgIpc) is 3.25. The van der Waals surface area contributed by atoms with Crippen LogP contribution in [0.1, 0.15) is 24.4 Å². The first kappa shape index (κ1) is 19.1. The minimum absolute atomic E-state index is 0. The van der Waals surface area contributed by atoms with Crippen LogP contribution in [0.15, 0.2) is 18.2 Å². The van der Waals surface area contributed by atoms with Gasteiger partial charge in [-0.3, -0.25) is 15.0 Å². The molecule has 1 aromatic carbocycles. The fourth-order valence-electron chi connectivity index (χ4n) is 3.05. The van der Waals surface area contributed by atoms with Crippen molar-refractivity contribution in [3.8, 4) is 0 Å². The van der Waals surface area contributed by atoms with E-state index in [4.69, 9.17) is 0 Å². The smallest absolute Gasteiger partial charge is 0.274 e. The van der Waals surface area contributed by atoms with Crippen LogP contribution >= 0.6 is 24.8 Å². The summed E-state index contributed by atoms with van der Waals surface area (Å²) in [5.74, 6) is 0.0278. The number of rotatable bonds is 4. The molecule has 1 heterocycles. The molecule has 1 saturated carbocycles. The summed E-state index contributed by atoms with van der Waals surface area (Å²) in [4.78, 5) is 13.1. The molecule has 1 saturated heterocycles. The van der Waals surface area contributed by atoms with E-state index in [0.717, 1.165) is 39.0 Å². The molecule has 22 heavy (non-hydrogen) atoms. The Bertz CT molecular complexity index is 523. The van der Waals surface area contributed by atoms with E-state index in [1.165, 1.54) is 18.2 Å². The highest BCUT2D eigenvalue weighted by Gasteiger charge is 2.40. The van der Waals surface area contributed by atoms with Crippen LogP contribution in [0, 0.1) is 21.8 Å². The predicted octanol–water partition coefficient (Wildman–Crippen LogP) is 2.93. The molecule has 1 aromatic rings. The quantitative estimate of drug-likeness (QED) is 0.669. The van der Waals surface area contributed by atoms with Crippen molar-refractivity contribution in [1.82, 2.24) is 10.2 Å². The zero-order valence-electron chi connectivity index (χ0n) is 12.0. The Kier molecular flexibility index (Phi) is 6.99. The van der Waals surface area contributed by atoms with E-state index in [0.29, 0.717) is 11.5 Å². The molecule has 0 unspecified atom stereocenters. The van der Waals surface area contributed by atoms with Crippen molar-refractivity contribution >= 4 is 30.5 Å². The highest BCUT2D eigenvalue weighted by molar-refractivity contribution is 5.85. The Labute approximate surface area is 141 Å². The Balaban J connectivity index is 0.00000121. The molecule has 0 aromatic heterocycles. The van der Waals surface area contributed by atoms with Crippen molar-refractivity contribution in [2.45, 2.75) is 18.9 Å². The molecule has 2 fully saturated rings. The second kappa shape index (κ2) is 8.06. The third-order valence-electron chi connectivity index (χ3n) is 4.12. The van der Waals surface area contributed by atoms with Crippen molar-refractivity contribution in [2.24, 2.45) is 5.92 Å². The lowest BCUT2D eigenvalue weighted by Gasteiger charge is -2.35. The van der Waals surface area contributed by atoms with Crippen LogP contribution in [0.4, 0.5) is 10.1 Å². The number of hydrogen-bond donors (Lipinski definition) is 1. The molecular formula is C14H20Cl2FN3O2. The van der Waals surface area contributed by atoms with Crippen molar-refractivity contribution in [1.29, 1.82) is 0 Å². The second-order valence-corrected chi connectivity index (χ2v) is 5.53. The van der Waals surface area contributed by atoms with Crippen LogP contribution in [0.5, 0.6) is 0 Å². The summed E-state index contributed by atoms with van der Waals surface area (Å²) >= 11 is 0. The van der Waals surface area contributed by atoms with Crippen LogP contribution in [-0.4, -0.2) is 36.0 Å². The number of nitro benzene ring substituents is 1. The maximum Gasteiger partial charge on any atom is 0.274 e.